The van der Waals surface area contributed by atoms with Crippen LogP contribution in [0.4, 0.5) is 18.9 Å². The van der Waals surface area contributed by atoms with E-state index in [2.05, 4.69) is 5.32 Å². The average Bonchev–Trinajstić information content (AvgIpc) is 2.39. The molecule has 0 fully saturated rings. The Bertz CT molecular complexity index is 628. The van der Waals surface area contributed by atoms with E-state index in [1.54, 1.807) is 18.2 Å². The van der Waals surface area contributed by atoms with Gasteiger partial charge in [-0.1, -0.05) is 12.1 Å². The zero-order valence-corrected chi connectivity index (χ0v) is 11.7. The van der Waals surface area contributed by atoms with Crippen molar-refractivity contribution in [2.75, 3.05) is 11.1 Å². The third-order valence-electron chi connectivity index (χ3n) is 2.57. The van der Waals surface area contributed by atoms with Gasteiger partial charge in [-0.2, -0.15) is 0 Å². The van der Waals surface area contributed by atoms with Gasteiger partial charge in [0, 0.05) is 28.8 Å². The highest BCUT2D eigenvalue weighted by molar-refractivity contribution is 7.99. The number of carbonyl (C=O) groups is 1. The highest BCUT2D eigenvalue weighted by Gasteiger charge is 2.07. The Kier molecular flexibility index (Phi) is 5.27. The number of rotatable bonds is 5. The van der Waals surface area contributed by atoms with Gasteiger partial charge in [0.05, 0.1) is 0 Å². The zero-order chi connectivity index (χ0) is 15.2. The lowest BCUT2D eigenvalue weighted by Crippen LogP contribution is -2.12. The van der Waals surface area contributed by atoms with Gasteiger partial charge in [0.25, 0.3) is 0 Å². The van der Waals surface area contributed by atoms with Gasteiger partial charge in [-0.3, -0.25) is 4.79 Å². The van der Waals surface area contributed by atoms with Crippen LogP contribution in [0.2, 0.25) is 0 Å². The second-order valence-electron chi connectivity index (χ2n) is 4.24. The number of benzene rings is 2. The van der Waals surface area contributed by atoms with E-state index in [0.29, 0.717) is 10.6 Å². The molecule has 0 unspecified atom stereocenters. The summed E-state index contributed by atoms with van der Waals surface area (Å²) in [6, 6.07) is 9.06. The van der Waals surface area contributed by atoms with E-state index in [4.69, 9.17) is 0 Å². The maximum atomic E-state index is 13.3. The summed E-state index contributed by atoms with van der Waals surface area (Å²) >= 11 is 1.21. The van der Waals surface area contributed by atoms with Crippen LogP contribution in [0.3, 0.4) is 0 Å². The number of anilines is 1. The second-order valence-corrected chi connectivity index (χ2v) is 5.37. The van der Waals surface area contributed by atoms with Crippen molar-refractivity contribution in [3.63, 3.8) is 0 Å². The molecule has 2 aromatic carbocycles. The Morgan fingerprint density at radius 2 is 1.71 bits per heavy atom. The first-order valence-electron chi connectivity index (χ1n) is 6.18. The molecule has 1 amide bonds. The predicted molar refractivity (Wildman–Crippen MR) is 76.7 cm³/mol. The van der Waals surface area contributed by atoms with Gasteiger partial charge in [0.2, 0.25) is 5.91 Å². The summed E-state index contributed by atoms with van der Waals surface area (Å²) in [5.74, 6) is -1.87. The first-order chi connectivity index (χ1) is 10.0. The monoisotopic (exact) mass is 311 g/mol. The largest absolute Gasteiger partial charge is 0.326 e. The molecule has 2 aromatic rings. The minimum absolute atomic E-state index is 0.0633. The normalized spacial score (nSPS) is 10.4. The van der Waals surface area contributed by atoms with Crippen LogP contribution in [0.15, 0.2) is 47.4 Å². The van der Waals surface area contributed by atoms with E-state index in [0.717, 1.165) is 18.2 Å². The number of halogens is 3. The van der Waals surface area contributed by atoms with E-state index in [1.165, 1.54) is 17.8 Å². The molecule has 0 aliphatic heterocycles. The maximum Gasteiger partial charge on any atom is 0.225 e. The summed E-state index contributed by atoms with van der Waals surface area (Å²) in [7, 11) is 0. The zero-order valence-electron chi connectivity index (χ0n) is 10.9. The van der Waals surface area contributed by atoms with Crippen molar-refractivity contribution in [2.24, 2.45) is 0 Å². The molecule has 2 nitrogen and oxygen atoms in total. The molecule has 0 heterocycles. The molecule has 0 bridgehead atoms. The molecular formula is C15H12F3NOS. The first-order valence-corrected chi connectivity index (χ1v) is 7.16. The van der Waals surface area contributed by atoms with Crippen molar-refractivity contribution in [1.29, 1.82) is 0 Å². The van der Waals surface area contributed by atoms with Crippen LogP contribution >= 0.6 is 11.8 Å². The Labute approximate surface area is 124 Å². The van der Waals surface area contributed by atoms with E-state index in [1.807, 2.05) is 0 Å². The van der Waals surface area contributed by atoms with Crippen molar-refractivity contribution in [3.05, 3.63) is 59.9 Å². The summed E-state index contributed by atoms with van der Waals surface area (Å²) in [5, 5.41) is 2.40. The van der Waals surface area contributed by atoms with Gasteiger partial charge in [-0.25, -0.2) is 13.2 Å². The van der Waals surface area contributed by atoms with Crippen molar-refractivity contribution < 1.29 is 18.0 Å². The van der Waals surface area contributed by atoms with Gasteiger partial charge in [-0.15, -0.1) is 11.8 Å². The smallest absolute Gasteiger partial charge is 0.225 e. The Hall–Kier alpha value is -1.95. The molecule has 21 heavy (non-hydrogen) atoms. The summed E-state index contributed by atoms with van der Waals surface area (Å²) < 4.78 is 39.3. The van der Waals surface area contributed by atoms with E-state index >= 15 is 0 Å². The number of thioether (sulfide) groups is 1. The highest BCUT2D eigenvalue weighted by Crippen LogP contribution is 2.22. The number of hydrogen-bond acceptors (Lipinski definition) is 2. The van der Waals surface area contributed by atoms with Crippen molar-refractivity contribution in [3.8, 4) is 0 Å². The molecule has 0 aliphatic rings. The lowest BCUT2D eigenvalue weighted by atomic mass is 10.3. The summed E-state index contributed by atoms with van der Waals surface area (Å²) in [5.41, 5.74) is 0.0633. The van der Waals surface area contributed by atoms with Gasteiger partial charge in [0.15, 0.2) is 0 Å². The lowest BCUT2D eigenvalue weighted by Gasteiger charge is -2.06. The van der Waals surface area contributed by atoms with Crippen LogP contribution in [0, 0.1) is 17.5 Å². The lowest BCUT2D eigenvalue weighted by molar-refractivity contribution is -0.115. The van der Waals surface area contributed by atoms with Crippen LogP contribution in [-0.2, 0) is 4.79 Å². The molecule has 0 saturated heterocycles. The molecule has 0 radical (unpaired) electrons. The third kappa shape index (κ3) is 4.82. The number of nitrogens with one attached hydrogen (secondary N) is 1. The van der Waals surface area contributed by atoms with Crippen molar-refractivity contribution in [2.45, 2.75) is 11.3 Å². The Morgan fingerprint density at radius 3 is 2.38 bits per heavy atom. The molecule has 110 valence electrons. The molecule has 0 spiro atoms. The third-order valence-corrected chi connectivity index (χ3v) is 3.62. The molecule has 0 aromatic heterocycles. The quantitative estimate of drug-likeness (QED) is 0.838. The topological polar surface area (TPSA) is 29.1 Å². The number of hydrogen-bond donors (Lipinski definition) is 1. The number of carbonyl (C=O) groups excluding carboxylic acids is 1. The van der Waals surface area contributed by atoms with E-state index < -0.39 is 11.6 Å². The predicted octanol–water partition coefficient (Wildman–Crippen LogP) is 4.22. The summed E-state index contributed by atoms with van der Waals surface area (Å²) in [6.07, 6.45) is 0.108. The Morgan fingerprint density at radius 1 is 1.05 bits per heavy atom. The van der Waals surface area contributed by atoms with Gasteiger partial charge >= 0.3 is 0 Å². The maximum absolute atomic E-state index is 13.3. The second kappa shape index (κ2) is 7.17. The molecule has 0 atom stereocenters. The minimum Gasteiger partial charge on any atom is -0.326 e. The van der Waals surface area contributed by atoms with Crippen LogP contribution in [0.5, 0.6) is 0 Å². The minimum atomic E-state index is -0.758. The molecule has 6 heteroatoms. The van der Waals surface area contributed by atoms with Gasteiger partial charge in [-0.05, 0) is 24.3 Å². The van der Waals surface area contributed by atoms with Gasteiger partial charge in [0.1, 0.15) is 17.5 Å². The number of amides is 1. The average molecular weight is 311 g/mol. The SMILES string of the molecule is O=C(CCSc1ccccc1F)Nc1cc(F)cc(F)c1. The first kappa shape index (κ1) is 15.4. The van der Waals surface area contributed by atoms with Crippen LogP contribution in [0.1, 0.15) is 6.42 Å². The fourth-order valence-corrected chi connectivity index (χ4v) is 2.55. The van der Waals surface area contributed by atoms with Crippen LogP contribution in [-0.4, -0.2) is 11.7 Å². The molecule has 0 aliphatic carbocycles. The van der Waals surface area contributed by atoms with Crippen molar-refractivity contribution >= 4 is 23.4 Å². The van der Waals surface area contributed by atoms with E-state index in [-0.39, 0.29) is 23.8 Å². The molecule has 0 saturated carbocycles. The van der Waals surface area contributed by atoms with Crippen LogP contribution in [0.25, 0.3) is 0 Å². The fourth-order valence-electron chi connectivity index (χ4n) is 1.66. The van der Waals surface area contributed by atoms with Crippen LogP contribution < -0.4 is 5.32 Å². The van der Waals surface area contributed by atoms with Gasteiger partial charge < -0.3 is 5.32 Å². The Balaban J connectivity index is 1.84. The summed E-state index contributed by atoms with van der Waals surface area (Å²) in [6.45, 7) is 0. The van der Waals surface area contributed by atoms with Crippen molar-refractivity contribution in [1.82, 2.24) is 0 Å². The highest BCUT2D eigenvalue weighted by atomic mass is 32.2. The standard InChI is InChI=1S/C15H12F3NOS/c16-10-7-11(17)9-12(8-10)19-15(20)5-6-21-14-4-2-1-3-13(14)18/h1-4,7-9H,5-6H2,(H,19,20). The molecule has 1 N–H and O–H groups in total. The summed E-state index contributed by atoms with van der Waals surface area (Å²) in [4.78, 5) is 12.1. The molecule has 2 rings (SSSR count). The van der Waals surface area contributed by atoms with E-state index in [9.17, 15) is 18.0 Å². The molecular weight excluding hydrogens is 299 g/mol. The fraction of sp³-hybridized carbons (Fsp3) is 0.133.